The van der Waals surface area contributed by atoms with E-state index in [9.17, 15) is 19.2 Å². The lowest BCUT2D eigenvalue weighted by Crippen LogP contribution is -2.59. The number of carbonyl (C=O) groups is 4. The molecule has 6 aromatic rings. The van der Waals surface area contributed by atoms with Crippen LogP contribution in [0, 0.1) is 13.8 Å². The maximum atomic E-state index is 14.3. The molecular weight excluding hydrogens is 809 g/mol. The van der Waals surface area contributed by atoms with Crippen molar-refractivity contribution in [3.05, 3.63) is 143 Å². The van der Waals surface area contributed by atoms with Gasteiger partial charge in [-0.3, -0.25) is 9.59 Å². The molecule has 0 aliphatic carbocycles. The van der Waals surface area contributed by atoms with E-state index in [0.29, 0.717) is 24.6 Å². The van der Waals surface area contributed by atoms with Crippen molar-refractivity contribution in [1.82, 2.24) is 31.2 Å². The minimum atomic E-state index is -1.33. The lowest BCUT2D eigenvalue weighted by Gasteiger charge is -2.31. The van der Waals surface area contributed by atoms with Gasteiger partial charge in [-0.2, -0.15) is 0 Å². The van der Waals surface area contributed by atoms with Crippen molar-refractivity contribution in [2.24, 2.45) is 0 Å². The minimum Gasteiger partial charge on any atom is -0.467 e. The van der Waals surface area contributed by atoms with Crippen molar-refractivity contribution >= 4 is 67.5 Å². The summed E-state index contributed by atoms with van der Waals surface area (Å²) in [7, 11) is 5.70. The molecule has 4 aromatic carbocycles. The van der Waals surface area contributed by atoms with E-state index in [4.69, 9.17) is 9.47 Å². The monoisotopic (exact) mass is 862 g/mol. The van der Waals surface area contributed by atoms with Crippen molar-refractivity contribution < 1.29 is 28.7 Å². The summed E-state index contributed by atoms with van der Waals surface area (Å²) >= 11 is 0. The van der Waals surface area contributed by atoms with Crippen molar-refractivity contribution in [3.8, 4) is 0 Å². The number of aryl methyl sites for hydroxylation is 2. The number of amides is 2. The van der Waals surface area contributed by atoms with Gasteiger partial charge in [0.05, 0.1) is 25.8 Å². The predicted octanol–water partition coefficient (Wildman–Crippen LogP) is 6.11. The number of carbonyl (C=O) groups excluding carboxylic acids is 4. The largest absolute Gasteiger partial charge is 0.467 e. The van der Waals surface area contributed by atoms with Crippen molar-refractivity contribution in [2.75, 3.05) is 32.3 Å². The molecule has 0 spiro atoms. The van der Waals surface area contributed by atoms with E-state index in [-0.39, 0.29) is 31.3 Å². The zero-order valence-electron chi connectivity index (χ0n) is 34.9. The first-order valence-corrected chi connectivity index (χ1v) is 22.7. The lowest BCUT2D eigenvalue weighted by atomic mass is 9.92. The van der Waals surface area contributed by atoms with Crippen LogP contribution in [0.3, 0.4) is 0 Å². The number of aldehydes is 1. The summed E-state index contributed by atoms with van der Waals surface area (Å²) in [6.45, 7) is 4.85. The SMILES string of the molecule is COC[C@@](C=O)(Cc1c[nH]c2ccccc12)NC(=O)[C@@H](CSSC[C@@H](NCc1ccc(C)cc1)C(=O)N[C@@H](Cc1c[nH]c2ccccc12)C(=O)OC)NCc1ccc(C)cc1. The topological polar surface area (TPSA) is 166 Å². The van der Waals surface area contributed by atoms with Crippen LogP contribution >= 0.6 is 21.6 Å². The summed E-state index contributed by atoms with van der Waals surface area (Å²) in [6.07, 6.45) is 4.94. The number of rotatable bonds is 23. The zero-order valence-corrected chi connectivity index (χ0v) is 36.6. The van der Waals surface area contributed by atoms with Crippen LogP contribution in [0.15, 0.2) is 109 Å². The fraction of sp³-hybridized carbons (Fsp3) is 0.319. The molecule has 4 atom stereocenters. The average molecular weight is 863 g/mol. The fourth-order valence-electron chi connectivity index (χ4n) is 7.15. The first-order chi connectivity index (χ1) is 29.6. The van der Waals surface area contributed by atoms with Crippen LogP contribution in [0.2, 0.25) is 0 Å². The maximum Gasteiger partial charge on any atom is 0.328 e. The van der Waals surface area contributed by atoms with Crippen LogP contribution in [-0.2, 0) is 54.6 Å². The Morgan fingerprint density at radius 1 is 0.689 bits per heavy atom. The number of aromatic amines is 2. The Labute approximate surface area is 364 Å². The molecule has 2 heterocycles. The molecule has 0 radical (unpaired) electrons. The number of methoxy groups -OCH3 is 2. The van der Waals surface area contributed by atoms with Crippen molar-refractivity contribution in [1.29, 1.82) is 0 Å². The minimum absolute atomic E-state index is 0.0232. The Morgan fingerprint density at radius 3 is 1.72 bits per heavy atom. The number of H-pyrrole nitrogens is 2. The second-order valence-electron chi connectivity index (χ2n) is 15.3. The van der Waals surface area contributed by atoms with Gasteiger partial charge in [-0.05, 0) is 48.2 Å². The summed E-state index contributed by atoms with van der Waals surface area (Å²) in [5.41, 5.74) is 6.56. The molecule has 0 fully saturated rings. The first-order valence-electron chi connectivity index (χ1n) is 20.2. The lowest BCUT2D eigenvalue weighted by molar-refractivity contribution is -0.145. The highest BCUT2D eigenvalue weighted by Crippen LogP contribution is 2.26. The molecule has 0 aliphatic heterocycles. The molecule has 0 unspecified atom stereocenters. The molecule has 2 amide bonds. The van der Waals surface area contributed by atoms with Crippen LogP contribution in [0.25, 0.3) is 21.8 Å². The summed E-state index contributed by atoms with van der Waals surface area (Å²) in [5.74, 6) is -0.618. The van der Waals surface area contributed by atoms with E-state index in [1.165, 1.54) is 35.8 Å². The van der Waals surface area contributed by atoms with Gasteiger partial charge >= 0.3 is 5.97 Å². The molecule has 0 aliphatic rings. The van der Waals surface area contributed by atoms with Gasteiger partial charge in [-0.15, -0.1) is 0 Å². The highest BCUT2D eigenvalue weighted by molar-refractivity contribution is 8.76. The number of ether oxygens (including phenoxy) is 2. The molecule has 0 bridgehead atoms. The Morgan fingerprint density at radius 2 is 1.20 bits per heavy atom. The van der Waals surface area contributed by atoms with Gasteiger partial charge in [-0.25, -0.2) is 4.79 Å². The molecule has 0 saturated carbocycles. The highest BCUT2D eigenvalue weighted by Gasteiger charge is 2.36. The van der Waals surface area contributed by atoms with Crippen molar-refractivity contribution in [2.45, 2.75) is 63.4 Å². The van der Waals surface area contributed by atoms with Gasteiger partial charge in [0, 0.05) is 78.7 Å². The Bertz CT molecular complexity index is 2380. The van der Waals surface area contributed by atoms with Gasteiger partial charge in [-0.1, -0.05) is 118 Å². The van der Waals surface area contributed by atoms with Gasteiger partial charge in [0.15, 0.2) is 0 Å². The molecule has 14 heteroatoms. The van der Waals surface area contributed by atoms with Gasteiger partial charge in [0.2, 0.25) is 11.8 Å². The first kappa shape index (κ1) is 45.2. The smallest absolute Gasteiger partial charge is 0.328 e. The molecule has 12 nitrogen and oxygen atoms in total. The number of benzene rings is 4. The highest BCUT2D eigenvalue weighted by atomic mass is 33.1. The third kappa shape index (κ3) is 12.4. The van der Waals surface area contributed by atoms with Crippen LogP contribution in [-0.4, -0.2) is 90.0 Å². The molecular formula is C47H54N6O6S2. The molecule has 320 valence electrons. The number of hydrogen-bond acceptors (Lipinski definition) is 10. The normalized spacial score (nSPS) is 13.9. The second-order valence-corrected chi connectivity index (χ2v) is 17.8. The average Bonchev–Trinajstić information content (AvgIpc) is 3.88. The van der Waals surface area contributed by atoms with Gasteiger partial charge < -0.3 is 45.5 Å². The number of hydrogen-bond donors (Lipinski definition) is 6. The quantitative estimate of drug-likeness (QED) is 0.0192. The Kier molecular flexibility index (Phi) is 16.2. The number of fused-ring (bicyclic) bond motifs is 2. The van der Waals surface area contributed by atoms with Crippen molar-refractivity contribution in [3.63, 3.8) is 0 Å². The second kappa shape index (κ2) is 21.9. The van der Waals surface area contributed by atoms with E-state index < -0.39 is 29.6 Å². The van der Waals surface area contributed by atoms with E-state index in [2.05, 4.69) is 31.2 Å². The van der Waals surface area contributed by atoms with E-state index in [0.717, 1.165) is 61.5 Å². The third-order valence-electron chi connectivity index (χ3n) is 10.6. The third-order valence-corrected chi connectivity index (χ3v) is 13.0. The standard InChI is InChI=1S/C47H54N6O6S2/c1-31-13-17-33(18-14-31)23-48-42(44(55)52-41(46(57)59-4)21-35-25-50-39-11-7-5-9-37(35)39)27-60-61-28-43(49-24-34-19-15-32(2)16-20-34)45(56)53-47(29-54,30-58-3)22-36-26-51-40-12-8-6-10-38(36)40/h5-20,25-26,29,41-43,48-51H,21-24,27-28,30H2,1-4H3,(H,52,55)(H,53,56)/t41-,42+,43+,47-/m0/s1. The number of para-hydroxylation sites is 2. The Hall–Kier alpha value is -5.38. The Balaban J connectivity index is 1.16. The molecule has 61 heavy (non-hydrogen) atoms. The van der Waals surface area contributed by atoms with Gasteiger partial charge in [0.25, 0.3) is 0 Å². The fourth-order valence-corrected chi connectivity index (χ4v) is 9.55. The van der Waals surface area contributed by atoms with E-state index in [1.807, 2.05) is 123 Å². The van der Waals surface area contributed by atoms with Gasteiger partial charge in [0.1, 0.15) is 17.9 Å². The van der Waals surface area contributed by atoms with E-state index in [1.54, 1.807) is 0 Å². The summed E-state index contributed by atoms with van der Waals surface area (Å²) in [5, 5.41) is 14.8. The van der Waals surface area contributed by atoms with Crippen LogP contribution in [0.4, 0.5) is 0 Å². The van der Waals surface area contributed by atoms with Crippen LogP contribution < -0.4 is 21.3 Å². The molecule has 6 N–H and O–H groups in total. The van der Waals surface area contributed by atoms with Crippen LogP contribution in [0.5, 0.6) is 0 Å². The zero-order chi connectivity index (χ0) is 43.2. The van der Waals surface area contributed by atoms with E-state index >= 15 is 0 Å². The summed E-state index contributed by atoms with van der Waals surface area (Å²) in [4.78, 5) is 60.8. The molecule has 0 saturated heterocycles. The number of nitrogens with one attached hydrogen (secondary N) is 6. The number of esters is 1. The number of aromatic nitrogens is 2. The summed E-state index contributed by atoms with van der Waals surface area (Å²) < 4.78 is 10.7. The maximum absolute atomic E-state index is 14.3. The molecule has 6 rings (SSSR count). The van der Waals surface area contributed by atoms with Crippen LogP contribution in [0.1, 0.15) is 33.4 Å². The molecule has 2 aromatic heterocycles. The predicted molar refractivity (Wildman–Crippen MR) is 245 cm³/mol. The summed E-state index contributed by atoms with van der Waals surface area (Å²) in [6, 6.07) is 29.4.